The third-order valence-electron chi connectivity index (χ3n) is 2.38. The van der Waals surface area contributed by atoms with Crippen LogP contribution in [0.1, 0.15) is 29.8 Å². The van der Waals surface area contributed by atoms with E-state index in [-0.39, 0.29) is 6.61 Å². The van der Waals surface area contributed by atoms with Crippen LogP contribution in [0.3, 0.4) is 0 Å². The van der Waals surface area contributed by atoms with Gasteiger partial charge in [0.2, 0.25) is 0 Å². The molecule has 0 radical (unpaired) electrons. The molecule has 0 saturated heterocycles. The van der Waals surface area contributed by atoms with Gasteiger partial charge in [0.15, 0.2) is 0 Å². The van der Waals surface area contributed by atoms with E-state index >= 15 is 0 Å². The van der Waals surface area contributed by atoms with Crippen LogP contribution in [0.25, 0.3) is 0 Å². The maximum atomic E-state index is 11.8. The Kier molecular flexibility index (Phi) is 8.77. The molecule has 0 bridgehead atoms. The molecule has 0 aliphatic rings. The lowest BCUT2D eigenvalue weighted by Gasteiger charge is -2.00. The van der Waals surface area contributed by atoms with Gasteiger partial charge in [-0.25, -0.2) is 8.78 Å². The fourth-order valence-corrected chi connectivity index (χ4v) is 2.36. The molecule has 0 fully saturated rings. The first kappa shape index (κ1) is 16.4. The van der Waals surface area contributed by atoms with Crippen LogP contribution in [0.2, 0.25) is 0 Å². The highest BCUT2D eigenvalue weighted by atomic mass is 32.1. The van der Waals surface area contributed by atoms with Crippen LogP contribution < -0.4 is 5.32 Å². The Balaban J connectivity index is 2.10. The Morgan fingerprint density at radius 3 is 2.63 bits per heavy atom. The largest absolute Gasteiger partial charge is 0.375 e. The topological polar surface area (TPSA) is 47.0 Å². The summed E-state index contributed by atoms with van der Waals surface area (Å²) in [5.74, 6) is 0. The molecule has 0 saturated carbocycles. The standard InChI is InChI=1S/C12H21F2N3OS/c1-2-6-15-7-3-4-11-16-17-12(19-11)5-8-18-9-10(13)14/h10,15H,2-9H2,1H3. The Morgan fingerprint density at radius 2 is 1.95 bits per heavy atom. The molecule has 1 heterocycles. The van der Waals surface area contributed by atoms with E-state index in [9.17, 15) is 8.78 Å². The number of hydrogen-bond acceptors (Lipinski definition) is 5. The molecule has 1 aromatic rings. The van der Waals surface area contributed by atoms with E-state index in [1.807, 2.05) is 0 Å². The third-order valence-corrected chi connectivity index (χ3v) is 3.43. The molecule has 1 rings (SSSR count). The fourth-order valence-electron chi connectivity index (χ4n) is 1.49. The molecule has 1 N–H and O–H groups in total. The molecular weight excluding hydrogens is 272 g/mol. The van der Waals surface area contributed by atoms with E-state index in [4.69, 9.17) is 4.74 Å². The van der Waals surface area contributed by atoms with E-state index < -0.39 is 13.0 Å². The number of ether oxygens (including phenoxy) is 1. The summed E-state index contributed by atoms with van der Waals surface area (Å²) in [4.78, 5) is 0. The lowest BCUT2D eigenvalue weighted by molar-refractivity contribution is 0.0186. The zero-order chi connectivity index (χ0) is 13.9. The number of aromatic nitrogens is 2. The van der Waals surface area contributed by atoms with Gasteiger partial charge < -0.3 is 10.1 Å². The highest BCUT2D eigenvalue weighted by Crippen LogP contribution is 2.12. The number of rotatable bonds is 11. The van der Waals surface area contributed by atoms with Crippen LogP contribution in [0, 0.1) is 0 Å². The van der Waals surface area contributed by atoms with Gasteiger partial charge in [0.05, 0.1) is 6.61 Å². The molecule has 0 unspecified atom stereocenters. The first-order chi connectivity index (χ1) is 9.22. The summed E-state index contributed by atoms with van der Waals surface area (Å²) >= 11 is 1.54. The van der Waals surface area contributed by atoms with E-state index in [2.05, 4.69) is 22.4 Å². The van der Waals surface area contributed by atoms with Crippen molar-refractivity contribution >= 4 is 11.3 Å². The van der Waals surface area contributed by atoms with Gasteiger partial charge in [-0.2, -0.15) is 0 Å². The van der Waals surface area contributed by atoms with Crippen LogP contribution in [0.4, 0.5) is 8.78 Å². The van der Waals surface area contributed by atoms with Gasteiger partial charge in [0.25, 0.3) is 6.43 Å². The molecule has 0 spiro atoms. The summed E-state index contributed by atoms with van der Waals surface area (Å²) in [6.45, 7) is 3.94. The molecule has 110 valence electrons. The first-order valence-electron chi connectivity index (χ1n) is 6.60. The first-order valence-corrected chi connectivity index (χ1v) is 7.42. The summed E-state index contributed by atoms with van der Waals surface area (Å²) < 4.78 is 28.5. The normalized spacial score (nSPS) is 11.4. The quantitative estimate of drug-likeness (QED) is 0.636. The predicted molar refractivity (Wildman–Crippen MR) is 71.9 cm³/mol. The summed E-state index contributed by atoms with van der Waals surface area (Å²) in [5.41, 5.74) is 0. The van der Waals surface area contributed by atoms with Crippen molar-refractivity contribution < 1.29 is 13.5 Å². The van der Waals surface area contributed by atoms with Crippen molar-refractivity contribution in [1.82, 2.24) is 15.5 Å². The van der Waals surface area contributed by atoms with Gasteiger partial charge in [0.1, 0.15) is 16.6 Å². The van der Waals surface area contributed by atoms with Crippen molar-refractivity contribution in [2.75, 3.05) is 26.3 Å². The average Bonchev–Trinajstić information content (AvgIpc) is 2.82. The van der Waals surface area contributed by atoms with Gasteiger partial charge in [0, 0.05) is 12.8 Å². The lowest BCUT2D eigenvalue weighted by Crippen LogP contribution is -2.16. The van der Waals surface area contributed by atoms with Crippen LogP contribution in [-0.2, 0) is 17.6 Å². The summed E-state index contributed by atoms with van der Waals surface area (Å²) in [6.07, 6.45) is 1.24. The number of alkyl halides is 2. The molecule has 0 aliphatic heterocycles. The zero-order valence-electron chi connectivity index (χ0n) is 11.2. The number of aryl methyl sites for hydroxylation is 1. The molecule has 0 aliphatic carbocycles. The predicted octanol–water partition coefficient (Wildman–Crippen LogP) is 2.29. The second kappa shape index (κ2) is 10.2. The van der Waals surface area contributed by atoms with Gasteiger partial charge in [-0.05, 0) is 25.9 Å². The molecule has 0 atom stereocenters. The monoisotopic (exact) mass is 293 g/mol. The third kappa shape index (κ3) is 8.18. The number of nitrogens with one attached hydrogen (secondary N) is 1. The SMILES string of the molecule is CCCNCCCc1nnc(CCOCC(F)F)s1. The Labute approximate surface area is 116 Å². The maximum absolute atomic E-state index is 11.8. The average molecular weight is 293 g/mol. The number of halogens is 2. The van der Waals surface area contributed by atoms with E-state index in [0.29, 0.717) is 6.42 Å². The Bertz CT molecular complexity index is 337. The summed E-state index contributed by atoms with van der Waals surface area (Å²) in [5, 5.41) is 13.3. The van der Waals surface area contributed by atoms with Gasteiger partial charge in [-0.15, -0.1) is 21.5 Å². The zero-order valence-corrected chi connectivity index (χ0v) is 12.0. The minimum Gasteiger partial charge on any atom is -0.375 e. The number of hydrogen-bond donors (Lipinski definition) is 1. The highest BCUT2D eigenvalue weighted by Gasteiger charge is 2.06. The van der Waals surface area contributed by atoms with Gasteiger partial charge in [-0.3, -0.25) is 0 Å². The highest BCUT2D eigenvalue weighted by molar-refractivity contribution is 7.11. The Morgan fingerprint density at radius 1 is 1.21 bits per heavy atom. The van der Waals surface area contributed by atoms with Crippen molar-refractivity contribution in [3.8, 4) is 0 Å². The van der Waals surface area contributed by atoms with E-state index in [1.54, 1.807) is 0 Å². The van der Waals surface area contributed by atoms with Crippen molar-refractivity contribution in [3.63, 3.8) is 0 Å². The minimum absolute atomic E-state index is 0.275. The summed E-state index contributed by atoms with van der Waals surface area (Å²) in [7, 11) is 0. The van der Waals surface area contributed by atoms with Crippen LogP contribution in [0.5, 0.6) is 0 Å². The van der Waals surface area contributed by atoms with Crippen LogP contribution >= 0.6 is 11.3 Å². The Hall–Kier alpha value is -0.660. The van der Waals surface area contributed by atoms with Crippen LogP contribution in [-0.4, -0.2) is 42.9 Å². The molecular formula is C12H21F2N3OS. The lowest BCUT2D eigenvalue weighted by atomic mass is 10.3. The molecule has 4 nitrogen and oxygen atoms in total. The van der Waals surface area contributed by atoms with E-state index in [0.717, 1.165) is 42.4 Å². The van der Waals surface area contributed by atoms with Gasteiger partial charge in [-0.1, -0.05) is 6.92 Å². The maximum Gasteiger partial charge on any atom is 0.261 e. The fraction of sp³-hybridized carbons (Fsp3) is 0.833. The van der Waals surface area contributed by atoms with Gasteiger partial charge >= 0.3 is 0 Å². The molecule has 0 amide bonds. The van der Waals surface area contributed by atoms with Crippen molar-refractivity contribution in [2.45, 2.75) is 39.0 Å². The molecule has 7 heteroatoms. The minimum atomic E-state index is -2.40. The van der Waals surface area contributed by atoms with E-state index in [1.165, 1.54) is 11.3 Å². The van der Waals surface area contributed by atoms with Crippen molar-refractivity contribution in [1.29, 1.82) is 0 Å². The molecule has 1 aromatic heterocycles. The van der Waals surface area contributed by atoms with Crippen molar-refractivity contribution in [2.24, 2.45) is 0 Å². The molecule has 19 heavy (non-hydrogen) atoms. The second-order valence-corrected chi connectivity index (χ2v) is 5.31. The smallest absolute Gasteiger partial charge is 0.261 e. The summed E-state index contributed by atoms with van der Waals surface area (Å²) in [6, 6.07) is 0. The number of nitrogens with zero attached hydrogens (tertiary/aromatic N) is 2. The van der Waals surface area contributed by atoms with Crippen molar-refractivity contribution in [3.05, 3.63) is 10.0 Å². The van der Waals surface area contributed by atoms with Crippen LogP contribution in [0.15, 0.2) is 0 Å². The molecule has 0 aromatic carbocycles. The second-order valence-electron chi connectivity index (χ2n) is 4.16.